The lowest BCUT2D eigenvalue weighted by molar-refractivity contribution is 0.102. The van der Waals surface area contributed by atoms with Gasteiger partial charge in [0.2, 0.25) is 0 Å². The van der Waals surface area contributed by atoms with Crippen LogP contribution in [0.1, 0.15) is 27.6 Å². The monoisotopic (exact) mass is 270 g/mol. The molecule has 0 aliphatic carbocycles. The summed E-state index contributed by atoms with van der Waals surface area (Å²) >= 11 is 0. The highest BCUT2D eigenvalue weighted by atomic mass is 16.3. The maximum Gasteiger partial charge on any atom is 0.259 e. The average molecular weight is 270 g/mol. The normalized spacial score (nSPS) is 10.9. The van der Waals surface area contributed by atoms with E-state index in [1.807, 2.05) is 19.9 Å². The van der Waals surface area contributed by atoms with E-state index in [-0.39, 0.29) is 5.91 Å². The second-order valence-electron chi connectivity index (χ2n) is 4.72. The van der Waals surface area contributed by atoms with Gasteiger partial charge in [0.25, 0.3) is 5.91 Å². The third kappa shape index (κ3) is 2.05. The number of aromatic nitrogens is 3. The molecule has 20 heavy (non-hydrogen) atoms. The van der Waals surface area contributed by atoms with Gasteiger partial charge in [0.15, 0.2) is 5.65 Å². The number of aromatic amines is 1. The van der Waals surface area contributed by atoms with Gasteiger partial charge in [-0.3, -0.25) is 9.89 Å². The van der Waals surface area contributed by atoms with Crippen molar-refractivity contribution in [1.82, 2.24) is 15.2 Å². The van der Waals surface area contributed by atoms with Crippen LogP contribution in [-0.2, 0) is 0 Å². The molecular formula is C14H14N4O2. The van der Waals surface area contributed by atoms with Crippen molar-refractivity contribution < 1.29 is 9.21 Å². The Morgan fingerprint density at radius 2 is 2.10 bits per heavy atom. The molecule has 102 valence electrons. The van der Waals surface area contributed by atoms with Crippen LogP contribution in [0.15, 0.2) is 22.7 Å². The first-order valence-electron chi connectivity index (χ1n) is 6.23. The smallest absolute Gasteiger partial charge is 0.259 e. The summed E-state index contributed by atoms with van der Waals surface area (Å²) in [4.78, 5) is 16.4. The zero-order valence-electron chi connectivity index (χ0n) is 11.4. The summed E-state index contributed by atoms with van der Waals surface area (Å²) in [6.07, 6.45) is 1.59. The van der Waals surface area contributed by atoms with Crippen LogP contribution in [0.5, 0.6) is 0 Å². The molecule has 0 saturated carbocycles. The number of aryl methyl sites for hydroxylation is 3. The van der Waals surface area contributed by atoms with Crippen molar-refractivity contribution in [1.29, 1.82) is 0 Å². The Morgan fingerprint density at radius 1 is 1.30 bits per heavy atom. The van der Waals surface area contributed by atoms with Gasteiger partial charge in [-0.05, 0) is 32.9 Å². The molecule has 0 aliphatic heterocycles. The summed E-state index contributed by atoms with van der Waals surface area (Å²) in [6, 6.07) is 3.57. The molecule has 6 nitrogen and oxygen atoms in total. The summed E-state index contributed by atoms with van der Waals surface area (Å²) in [5.41, 5.74) is 2.71. The molecule has 0 radical (unpaired) electrons. The largest absolute Gasteiger partial charge is 0.466 e. The minimum Gasteiger partial charge on any atom is -0.466 e. The van der Waals surface area contributed by atoms with Crippen LogP contribution in [0.2, 0.25) is 0 Å². The number of anilines is 1. The second kappa shape index (κ2) is 4.48. The maximum absolute atomic E-state index is 12.2. The van der Waals surface area contributed by atoms with Gasteiger partial charge >= 0.3 is 0 Å². The predicted octanol–water partition coefficient (Wildman–Crippen LogP) is 2.73. The molecule has 2 N–H and O–H groups in total. The summed E-state index contributed by atoms with van der Waals surface area (Å²) in [5, 5.41) is 10.6. The van der Waals surface area contributed by atoms with Crippen molar-refractivity contribution in [3.63, 3.8) is 0 Å². The highest BCUT2D eigenvalue weighted by Gasteiger charge is 2.14. The van der Waals surface area contributed by atoms with Crippen LogP contribution < -0.4 is 5.32 Å². The van der Waals surface area contributed by atoms with Crippen LogP contribution in [-0.4, -0.2) is 21.1 Å². The van der Waals surface area contributed by atoms with E-state index in [1.165, 1.54) is 0 Å². The molecule has 0 aromatic carbocycles. The van der Waals surface area contributed by atoms with Crippen LogP contribution in [0.4, 0.5) is 5.69 Å². The topological polar surface area (TPSA) is 83.8 Å². The lowest BCUT2D eigenvalue weighted by Crippen LogP contribution is -2.12. The van der Waals surface area contributed by atoms with E-state index >= 15 is 0 Å². The molecule has 6 heteroatoms. The van der Waals surface area contributed by atoms with Crippen molar-refractivity contribution in [2.24, 2.45) is 0 Å². The van der Waals surface area contributed by atoms with Gasteiger partial charge in [-0.15, -0.1) is 0 Å². The first kappa shape index (κ1) is 12.4. The van der Waals surface area contributed by atoms with E-state index in [1.54, 1.807) is 19.2 Å². The molecule has 3 aromatic rings. The second-order valence-corrected chi connectivity index (χ2v) is 4.72. The number of carbonyl (C=O) groups excluding carboxylic acids is 1. The highest BCUT2D eigenvalue weighted by Crippen LogP contribution is 2.19. The van der Waals surface area contributed by atoms with Gasteiger partial charge in [-0.2, -0.15) is 5.10 Å². The number of rotatable bonds is 2. The van der Waals surface area contributed by atoms with Crippen LogP contribution in [0, 0.1) is 20.8 Å². The van der Waals surface area contributed by atoms with Gasteiger partial charge in [0, 0.05) is 11.1 Å². The molecule has 0 atom stereocenters. The van der Waals surface area contributed by atoms with Crippen molar-refractivity contribution >= 4 is 22.6 Å². The predicted molar refractivity (Wildman–Crippen MR) is 74.8 cm³/mol. The standard InChI is InChI=1S/C14H14N4O2/c1-7-4-12(9(3)20-7)14(19)16-10-5-11-8(2)17-18-13(11)15-6-10/h4-6H,1-3H3,(H,16,19)(H,15,17,18). The third-order valence-corrected chi connectivity index (χ3v) is 3.14. The number of amides is 1. The Balaban J connectivity index is 1.90. The minimum atomic E-state index is -0.207. The van der Waals surface area contributed by atoms with Crippen molar-refractivity contribution in [3.05, 3.63) is 41.1 Å². The van der Waals surface area contributed by atoms with Crippen LogP contribution in [0.25, 0.3) is 11.0 Å². The maximum atomic E-state index is 12.2. The van der Waals surface area contributed by atoms with E-state index < -0.39 is 0 Å². The van der Waals surface area contributed by atoms with E-state index in [4.69, 9.17) is 4.42 Å². The van der Waals surface area contributed by atoms with E-state index in [0.717, 1.165) is 11.1 Å². The average Bonchev–Trinajstić information content (AvgIpc) is 2.93. The first-order chi connectivity index (χ1) is 9.54. The zero-order valence-corrected chi connectivity index (χ0v) is 11.4. The molecule has 0 fully saturated rings. The van der Waals surface area contributed by atoms with E-state index in [0.29, 0.717) is 28.4 Å². The lowest BCUT2D eigenvalue weighted by atomic mass is 10.2. The fourth-order valence-electron chi connectivity index (χ4n) is 2.14. The fraction of sp³-hybridized carbons (Fsp3) is 0.214. The fourth-order valence-corrected chi connectivity index (χ4v) is 2.14. The van der Waals surface area contributed by atoms with E-state index in [9.17, 15) is 4.79 Å². The summed E-state index contributed by atoms with van der Waals surface area (Å²) in [7, 11) is 0. The number of pyridine rings is 1. The molecule has 0 bridgehead atoms. The Morgan fingerprint density at radius 3 is 2.80 bits per heavy atom. The number of carbonyl (C=O) groups is 1. The van der Waals surface area contributed by atoms with Crippen LogP contribution in [0.3, 0.4) is 0 Å². The van der Waals surface area contributed by atoms with E-state index in [2.05, 4.69) is 20.5 Å². The number of nitrogens with one attached hydrogen (secondary N) is 2. The molecular weight excluding hydrogens is 256 g/mol. The lowest BCUT2D eigenvalue weighted by Gasteiger charge is -2.03. The molecule has 0 aliphatic rings. The van der Waals surface area contributed by atoms with Crippen molar-refractivity contribution in [2.75, 3.05) is 5.32 Å². The molecule has 0 spiro atoms. The SMILES string of the molecule is Cc1cc(C(=O)Nc2cnc3n[nH]c(C)c3c2)c(C)o1. The highest BCUT2D eigenvalue weighted by molar-refractivity contribution is 6.05. The van der Waals surface area contributed by atoms with Crippen molar-refractivity contribution in [2.45, 2.75) is 20.8 Å². The number of hydrogen-bond donors (Lipinski definition) is 2. The first-order valence-corrected chi connectivity index (χ1v) is 6.23. The number of fused-ring (bicyclic) bond motifs is 1. The molecule has 3 aromatic heterocycles. The van der Waals surface area contributed by atoms with Gasteiger partial charge in [0.05, 0.1) is 17.4 Å². The Hall–Kier alpha value is -2.63. The number of nitrogens with zero attached hydrogens (tertiary/aromatic N) is 2. The molecule has 0 unspecified atom stereocenters. The van der Waals surface area contributed by atoms with Gasteiger partial charge in [-0.25, -0.2) is 4.98 Å². The third-order valence-electron chi connectivity index (χ3n) is 3.14. The number of H-pyrrole nitrogens is 1. The molecule has 3 heterocycles. The van der Waals surface area contributed by atoms with Gasteiger partial charge in [0.1, 0.15) is 11.5 Å². The quantitative estimate of drug-likeness (QED) is 0.750. The molecule has 1 amide bonds. The van der Waals surface area contributed by atoms with Gasteiger partial charge < -0.3 is 9.73 Å². The Labute approximate surface area is 115 Å². The Bertz CT molecular complexity index is 801. The van der Waals surface area contributed by atoms with Gasteiger partial charge in [-0.1, -0.05) is 0 Å². The summed E-state index contributed by atoms with van der Waals surface area (Å²) in [6.45, 7) is 5.49. The minimum absolute atomic E-state index is 0.207. The summed E-state index contributed by atoms with van der Waals surface area (Å²) in [5.74, 6) is 1.11. The van der Waals surface area contributed by atoms with Crippen molar-refractivity contribution in [3.8, 4) is 0 Å². The molecule has 3 rings (SSSR count). The zero-order chi connectivity index (χ0) is 14.3. The summed E-state index contributed by atoms with van der Waals surface area (Å²) < 4.78 is 5.36. The molecule has 0 saturated heterocycles. The number of furan rings is 1. The van der Waals surface area contributed by atoms with Crippen LogP contribution >= 0.6 is 0 Å². The number of hydrogen-bond acceptors (Lipinski definition) is 4. The Kier molecular flexibility index (Phi) is 2.78.